The van der Waals surface area contributed by atoms with Gasteiger partial charge in [0.2, 0.25) is 17.7 Å². The van der Waals surface area contributed by atoms with Crippen molar-refractivity contribution in [1.82, 2.24) is 10.6 Å². The van der Waals surface area contributed by atoms with Crippen molar-refractivity contribution in [2.24, 2.45) is 0 Å². The van der Waals surface area contributed by atoms with Crippen molar-refractivity contribution < 1.29 is 14.4 Å². The Bertz CT molecular complexity index is 635. The van der Waals surface area contributed by atoms with E-state index in [1.165, 1.54) is 16.7 Å². The van der Waals surface area contributed by atoms with E-state index in [1.54, 1.807) is 6.92 Å². The Morgan fingerprint density at radius 3 is 2.67 bits per heavy atom. The van der Waals surface area contributed by atoms with E-state index in [9.17, 15) is 14.4 Å². The average Bonchev–Trinajstić information content (AvgIpc) is 2.57. The first-order valence-electron chi connectivity index (χ1n) is 8.04. The van der Waals surface area contributed by atoms with E-state index in [2.05, 4.69) is 10.6 Å². The van der Waals surface area contributed by atoms with Crippen LogP contribution < -0.4 is 15.5 Å². The fourth-order valence-corrected chi connectivity index (χ4v) is 3.23. The number of thioether (sulfide) groups is 1. The summed E-state index contributed by atoms with van der Waals surface area (Å²) in [5, 5.41) is 5.48. The van der Waals surface area contributed by atoms with Crippen molar-refractivity contribution in [1.29, 1.82) is 0 Å². The Morgan fingerprint density at radius 2 is 1.96 bits per heavy atom. The Balaban J connectivity index is 1.97. The second-order valence-corrected chi connectivity index (χ2v) is 6.86. The second-order valence-electron chi connectivity index (χ2n) is 5.84. The normalized spacial score (nSPS) is 16.1. The van der Waals surface area contributed by atoms with Gasteiger partial charge in [0.05, 0.1) is 11.4 Å². The average molecular weight is 349 g/mol. The van der Waals surface area contributed by atoms with Crippen molar-refractivity contribution in [3.05, 3.63) is 24.3 Å². The highest BCUT2D eigenvalue weighted by molar-refractivity contribution is 8.00. The molecule has 130 valence electrons. The number of carbonyl (C=O) groups excluding carboxylic acids is 3. The number of hydrogen-bond acceptors (Lipinski definition) is 4. The van der Waals surface area contributed by atoms with Crippen LogP contribution in [-0.2, 0) is 14.4 Å². The van der Waals surface area contributed by atoms with E-state index in [0.717, 1.165) is 17.0 Å². The third-order valence-corrected chi connectivity index (χ3v) is 4.93. The Hall–Kier alpha value is -2.02. The van der Waals surface area contributed by atoms with E-state index in [0.29, 0.717) is 5.75 Å². The van der Waals surface area contributed by atoms with Crippen LogP contribution in [0.5, 0.6) is 0 Å². The standard InChI is InChI=1S/C17H23N3O3S/c1-4-11(2)18-17(23)12(3)19-15(21)9-20-13-7-5-6-8-14(13)24-10-16(20)22/h5-8,11-12H,4,9-10H2,1-3H3,(H,18,23)(H,19,21)/t11-,12-/m0/s1. The summed E-state index contributed by atoms with van der Waals surface area (Å²) in [7, 11) is 0. The summed E-state index contributed by atoms with van der Waals surface area (Å²) >= 11 is 1.47. The molecule has 1 aliphatic heterocycles. The van der Waals surface area contributed by atoms with Crippen molar-refractivity contribution in [2.45, 2.75) is 44.2 Å². The highest BCUT2D eigenvalue weighted by Gasteiger charge is 2.27. The van der Waals surface area contributed by atoms with Gasteiger partial charge < -0.3 is 15.5 Å². The van der Waals surface area contributed by atoms with Gasteiger partial charge in [-0.05, 0) is 32.4 Å². The zero-order valence-electron chi connectivity index (χ0n) is 14.2. The van der Waals surface area contributed by atoms with Gasteiger partial charge in [0, 0.05) is 10.9 Å². The van der Waals surface area contributed by atoms with Crippen LogP contribution in [0.1, 0.15) is 27.2 Å². The summed E-state index contributed by atoms with van der Waals surface area (Å²) in [6.45, 7) is 5.44. The predicted molar refractivity (Wildman–Crippen MR) is 95.0 cm³/mol. The molecule has 0 spiro atoms. The van der Waals surface area contributed by atoms with Crippen LogP contribution in [0.15, 0.2) is 29.2 Å². The number of nitrogens with zero attached hydrogens (tertiary/aromatic N) is 1. The number of rotatable bonds is 6. The summed E-state index contributed by atoms with van der Waals surface area (Å²) in [6.07, 6.45) is 0.823. The second kappa shape index (κ2) is 8.19. The number of nitrogens with one attached hydrogen (secondary N) is 2. The fraction of sp³-hybridized carbons (Fsp3) is 0.471. The molecule has 0 radical (unpaired) electrons. The van der Waals surface area contributed by atoms with Gasteiger partial charge in [-0.25, -0.2) is 0 Å². The van der Waals surface area contributed by atoms with E-state index in [-0.39, 0.29) is 30.3 Å². The molecule has 0 unspecified atom stereocenters. The first-order chi connectivity index (χ1) is 11.4. The molecular weight excluding hydrogens is 326 g/mol. The molecule has 24 heavy (non-hydrogen) atoms. The van der Waals surface area contributed by atoms with Gasteiger partial charge >= 0.3 is 0 Å². The molecule has 2 atom stereocenters. The number of carbonyl (C=O) groups is 3. The van der Waals surface area contributed by atoms with Gasteiger partial charge in [0.1, 0.15) is 12.6 Å². The lowest BCUT2D eigenvalue weighted by atomic mass is 10.2. The third kappa shape index (κ3) is 4.50. The summed E-state index contributed by atoms with van der Waals surface area (Å²) in [5.74, 6) is -0.366. The molecule has 1 aromatic rings. The lowest BCUT2D eigenvalue weighted by Gasteiger charge is -2.28. The lowest BCUT2D eigenvalue weighted by molar-refractivity contribution is -0.128. The number of fused-ring (bicyclic) bond motifs is 1. The van der Waals surface area contributed by atoms with Crippen molar-refractivity contribution in [3.63, 3.8) is 0 Å². The Labute approximate surface area is 146 Å². The topological polar surface area (TPSA) is 78.5 Å². The molecule has 0 bridgehead atoms. The van der Waals surface area contributed by atoms with Gasteiger partial charge in [-0.3, -0.25) is 14.4 Å². The lowest BCUT2D eigenvalue weighted by Crippen LogP contribution is -2.51. The van der Waals surface area contributed by atoms with Gasteiger partial charge in [-0.1, -0.05) is 19.1 Å². The quantitative estimate of drug-likeness (QED) is 0.817. The van der Waals surface area contributed by atoms with Crippen LogP contribution >= 0.6 is 11.8 Å². The van der Waals surface area contributed by atoms with Gasteiger partial charge in [0.15, 0.2) is 0 Å². The minimum absolute atomic E-state index is 0.0597. The van der Waals surface area contributed by atoms with Crippen molar-refractivity contribution in [2.75, 3.05) is 17.2 Å². The Morgan fingerprint density at radius 1 is 1.25 bits per heavy atom. The van der Waals surface area contributed by atoms with E-state index in [1.807, 2.05) is 38.1 Å². The number of hydrogen-bond donors (Lipinski definition) is 2. The summed E-state index contributed by atoms with van der Waals surface area (Å²) in [6, 6.07) is 6.91. The highest BCUT2D eigenvalue weighted by atomic mass is 32.2. The van der Waals surface area contributed by atoms with Crippen LogP contribution in [0.3, 0.4) is 0 Å². The number of anilines is 1. The van der Waals surface area contributed by atoms with E-state index < -0.39 is 6.04 Å². The SMILES string of the molecule is CC[C@H](C)NC(=O)[C@H](C)NC(=O)CN1C(=O)CSc2ccccc21. The maximum Gasteiger partial charge on any atom is 0.242 e. The molecule has 0 saturated carbocycles. The highest BCUT2D eigenvalue weighted by Crippen LogP contribution is 2.34. The maximum atomic E-state index is 12.2. The fourth-order valence-electron chi connectivity index (χ4n) is 2.29. The van der Waals surface area contributed by atoms with Crippen LogP contribution in [0.2, 0.25) is 0 Å². The van der Waals surface area contributed by atoms with Gasteiger partial charge in [-0.15, -0.1) is 11.8 Å². The molecule has 2 rings (SSSR count). The van der Waals surface area contributed by atoms with Gasteiger partial charge in [-0.2, -0.15) is 0 Å². The minimum atomic E-state index is -0.643. The number of para-hydroxylation sites is 1. The van der Waals surface area contributed by atoms with Crippen LogP contribution in [0, 0.1) is 0 Å². The Kier molecular flexibility index (Phi) is 6.25. The number of amides is 3. The maximum absolute atomic E-state index is 12.2. The summed E-state index contributed by atoms with van der Waals surface area (Å²) in [4.78, 5) is 38.8. The molecule has 6 nitrogen and oxygen atoms in total. The predicted octanol–water partition coefficient (Wildman–Crippen LogP) is 1.54. The summed E-state index contributed by atoms with van der Waals surface area (Å²) < 4.78 is 0. The molecule has 1 heterocycles. The van der Waals surface area contributed by atoms with Crippen LogP contribution in [0.25, 0.3) is 0 Å². The van der Waals surface area contributed by atoms with Crippen molar-refractivity contribution >= 4 is 35.2 Å². The first kappa shape index (κ1) is 18.3. The van der Waals surface area contributed by atoms with E-state index in [4.69, 9.17) is 0 Å². The van der Waals surface area contributed by atoms with Crippen LogP contribution in [-0.4, -0.2) is 42.1 Å². The van der Waals surface area contributed by atoms with Crippen molar-refractivity contribution in [3.8, 4) is 0 Å². The zero-order valence-corrected chi connectivity index (χ0v) is 15.0. The molecule has 0 fully saturated rings. The van der Waals surface area contributed by atoms with E-state index >= 15 is 0 Å². The molecule has 2 N–H and O–H groups in total. The molecular formula is C17H23N3O3S. The molecule has 0 aliphatic carbocycles. The summed E-state index contributed by atoms with van der Waals surface area (Å²) in [5.41, 5.74) is 0.741. The first-order valence-corrected chi connectivity index (χ1v) is 9.02. The zero-order chi connectivity index (χ0) is 17.7. The molecule has 0 aromatic heterocycles. The smallest absolute Gasteiger partial charge is 0.242 e. The molecule has 3 amide bonds. The molecule has 0 saturated heterocycles. The van der Waals surface area contributed by atoms with Crippen LogP contribution in [0.4, 0.5) is 5.69 Å². The molecule has 1 aliphatic rings. The minimum Gasteiger partial charge on any atom is -0.352 e. The molecule has 7 heteroatoms. The monoisotopic (exact) mass is 349 g/mol. The van der Waals surface area contributed by atoms with Gasteiger partial charge in [0.25, 0.3) is 0 Å². The third-order valence-electron chi connectivity index (χ3n) is 3.88. The molecule has 1 aromatic carbocycles. The largest absolute Gasteiger partial charge is 0.352 e. The number of benzene rings is 1.